The fourth-order valence-corrected chi connectivity index (χ4v) is 3.80. The number of rotatable bonds is 5. The van der Waals surface area contributed by atoms with Crippen LogP contribution < -0.4 is 15.4 Å². The summed E-state index contributed by atoms with van der Waals surface area (Å²) in [5.74, 6) is 0.685. The van der Waals surface area contributed by atoms with E-state index < -0.39 is 0 Å². The lowest BCUT2D eigenvalue weighted by Crippen LogP contribution is -2.19. The van der Waals surface area contributed by atoms with Crippen molar-refractivity contribution in [2.75, 3.05) is 17.7 Å². The Bertz CT molecular complexity index is 1390. The van der Waals surface area contributed by atoms with Crippen molar-refractivity contribution in [1.29, 1.82) is 0 Å². The first-order chi connectivity index (χ1) is 15.2. The maximum absolute atomic E-state index is 12.6. The molecule has 0 aliphatic rings. The third-order valence-electron chi connectivity index (χ3n) is 5.28. The second kappa shape index (κ2) is 7.87. The van der Waals surface area contributed by atoms with Crippen molar-refractivity contribution in [2.45, 2.75) is 6.54 Å². The van der Waals surface area contributed by atoms with Crippen molar-refractivity contribution in [3.8, 4) is 5.75 Å². The Hall–Kier alpha value is -4.26. The van der Waals surface area contributed by atoms with Gasteiger partial charge in [-0.3, -0.25) is 0 Å². The number of hydrogen-bond acceptors (Lipinski definition) is 3. The van der Waals surface area contributed by atoms with Crippen LogP contribution in [0.4, 0.5) is 16.2 Å². The number of hydrogen-bond donors (Lipinski definition) is 3. The van der Waals surface area contributed by atoms with Crippen molar-refractivity contribution in [2.24, 2.45) is 0 Å². The van der Waals surface area contributed by atoms with E-state index in [0.717, 1.165) is 27.6 Å². The third-order valence-corrected chi connectivity index (χ3v) is 5.28. The predicted molar refractivity (Wildman–Crippen MR) is 123 cm³/mol. The minimum atomic E-state index is -0.309. The lowest BCUT2D eigenvalue weighted by Gasteiger charge is -2.11. The number of amides is 2. The Morgan fingerprint density at radius 3 is 2.87 bits per heavy atom. The Labute approximate surface area is 178 Å². The molecule has 7 heteroatoms. The summed E-state index contributed by atoms with van der Waals surface area (Å²) in [6.07, 6.45) is 5.75. The van der Waals surface area contributed by atoms with E-state index in [0.29, 0.717) is 18.0 Å². The van der Waals surface area contributed by atoms with Crippen LogP contribution in [0, 0.1) is 0 Å². The van der Waals surface area contributed by atoms with Crippen molar-refractivity contribution < 1.29 is 9.53 Å². The van der Waals surface area contributed by atoms with Gasteiger partial charge >= 0.3 is 6.03 Å². The minimum absolute atomic E-state index is 0.309. The highest BCUT2D eigenvalue weighted by molar-refractivity contribution is 6.05. The number of carbonyl (C=O) groups excluding carboxylic acids is 1. The van der Waals surface area contributed by atoms with E-state index in [2.05, 4.69) is 31.2 Å². The van der Waals surface area contributed by atoms with E-state index in [-0.39, 0.29) is 6.03 Å². The fraction of sp³-hybridized carbons (Fsp3) is 0.0833. The number of urea groups is 1. The molecular formula is C24H21N5O2. The molecule has 3 aromatic heterocycles. The summed E-state index contributed by atoms with van der Waals surface area (Å²) in [7, 11) is 1.59. The molecule has 2 aromatic carbocycles. The summed E-state index contributed by atoms with van der Waals surface area (Å²) in [6.45, 7) is 0.708. The zero-order valence-electron chi connectivity index (χ0n) is 16.9. The number of pyridine rings is 1. The normalized spacial score (nSPS) is 11.0. The summed E-state index contributed by atoms with van der Waals surface area (Å²) in [6, 6.07) is 18.9. The molecule has 3 N–H and O–H groups in total. The van der Waals surface area contributed by atoms with Gasteiger partial charge in [0.05, 0.1) is 18.3 Å². The number of fused-ring (bicyclic) bond motifs is 2. The number of H-pyrrole nitrogens is 1. The van der Waals surface area contributed by atoms with Gasteiger partial charge in [0.25, 0.3) is 0 Å². The van der Waals surface area contributed by atoms with Crippen LogP contribution in [-0.2, 0) is 6.54 Å². The topological polar surface area (TPSA) is 84.0 Å². The highest BCUT2D eigenvalue weighted by Gasteiger charge is 2.11. The standard InChI is InChI=1S/C24H21N5O2/c1-31-18-5-2-4-17(14-18)27-24(30)28-21-6-3-7-22-20(21)10-13-29(22)15-16-8-11-25-23-19(16)9-12-26-23/h2-14H,15H2,1H3,(H,25,26)(H2,27,28,30). The Morgan fingerprint density at radius 2 is 1.97 bits per heavy atom. The molecule has 0 aliphatic carbocycles. The van der Waals surface area contributed by atoms with Crippen LogP contribution in [0.3, 0.4) is 0 Å². The first-order valence-corrected chi connectivity index (χ1v) is 9.92. The van der Waals surface area contributed by atoms with Gasteiger partial charge in [-0.25, -0.2) is 9.78 Å². The molecule has 0 aliphatic heterocycles. The molecule has 0 atom stereocenters. The zero-order chi connectivity index (χ0) is 21.2. The van der Waals surface area contributed by atoms with Gasteiger partial charge in [0, 0.05) is 47.7 Å². The summed E-state index contributed by atoms with van der Waals surface area (Å²) < 4.78 is 7.37. The average molecular weight is 411 g/mol. The molecule has 5 aromatic rings. The number of nitrogens with one attached hydrogen (secondary N) is 3. The Balaban J connectivity index is 1.39. The van der Waals surface area contributed by atoms with Gasteiger partial charge < -0.3 is 24.9 Å². The lowest BCUT2D eigenvalue weighted by atomic mass is 10.2. The molecule has 2 amide bonds. The summed E-state index contributed by atoms with van der Waals surface area (Å²) in [5, 5.41) is 7.88. The second-order valence-corrected chi connectivity index (χ2v) is 7.20. The molecule has 7 nitrogen and oxygen atoms in total. The number of nitrogens with zero attached hydrogens (tertiary/aromatic N) is 2. The van der Waals surface area contributed by atoms with Crippen LogP contribution in [-0.4, -0.2) is 27.7 Å². The van der Waals surface area contributed by atoms with Crippen LogP contribution in [0.25, 0.3) is 21.9 Å². The Morgan fingerprint density at radius 1 is 1.06 bits per heavy atom. The Kier molecular flexibility index (Phi) is 4.76. The van der Waals surface area contributed by atoms with Gasteiger partial charge in [0.1, 0.15) is 11.4 Å². The molecule has 0 fully saturated rings. The van der Waals surface area contributed by atoms with Gasteiger partial charge in [-0.05, 0) is 48.0 Å². The molecule has 0 unspecified atom stereocenters. The van der Waals surface area contributed by atoms with E-state index in [1.54, 1.807) is 13.2 Å². The molecule has 0 spiro atoms. The third kappa shape index (κ3) is 3.69. The van der Waals surface area contributed by atoms with Crippen molar-refractivity contribution in [3.63, 3.8) is 0 Å². The van der Waals surface area contributed by atoms with Crippen LogP contribution in [0.2, 0.25) is 0 Å². The van der Waals surface area contributed by atoms with Crippen LogP contribution >= 0.6 is 0 Å². The van der Waals surface area contributed by atoms with Crippen molar-refractivity contribution in [3.05, 3.63) is 84.8 Å². The number of aromatic nitrogens is 3. The van der Waals surface area contributed by atoms with E-state index in [1.807, 2.05) is 67.1 Å². The van der Waals surface area contributed by atoms with E-state index >= 15 is 0 Å². The van der Waals surface area contributed by atoms with Gasteiger partial charge in [0.15, 0.2) is 0 Å². The maximum atomic E-state index is 12.6. The summed E-state index contributed by atoms with van der Waals surface area (Å²) in [5.41, 5.74) is 4.51. The number of anilines is 2. The molecule has 3 heterocycles. The second-order valence-electron chi connectivity index (χ2n) is 7.20. The molecule has 154 valence electrons. The van der Waals surface area contributed by atoms with E-state index in [9.17, 15) is 4.79 Å². The fourth-order valence-electron chi connectivity index (χ4n) is 3.80. The quantitative estimate of drug-likeness (QED) is 0.371. The molecule has 0 saturated carbocycles. The van der Waals surface area contributed by atoms with Gasteiger partial charge in [-0.1, -0.05) is 12.1 Å². The largest absolute Gasteiger partial charge is 0.497 e. The summed E-state index contributed by atoms with van der Waals surface area (Å²) in [4.78, 5) is 20.1. The van der Waals surface area contributed by atoms with Crippen molar-refractivity contribution in [1.82, 2.24) is 14.5 Å². The number of benzene rings is 2. The summed E-state index contributed by atoms with van der Waals surface area (Å²) >= 11 is 0. The minimum Gasteiger partial charge on any atom is -0.497 e. The SMILES string of the molecule is COc1cccc(NC(=O)Nc2cccc3c2ccn3Cc2ccnc3[nH]ccc23)c1. The zero-order valence-corrected chi connectivity index (χ0v) is 16.9. The first-order valence-electron chi connectivity index (χ1n) is 9.92. The van der Waals surface area contributed by atoms with Gasteiger partial charge in [-0.15, -0.1) is 0 Å². The highest BCUT2D eigenvalue weighted by atomic mass is 16.5. The molecule has 0 radical (unpaired) electrons. The number of methoxy groups -OCH3 is 1. The lowest BCUT2D eigenvalue weighted by molar-refractivity contribution is 0.262. The number of aromatic amines is 1. The van der Waals surface area contributed by atoms with Crippen LogP contribution in [0.1, 0.15) is 5.56 Å². The van der Waals surface area contributed by atoms with Crippen molar-refractivity contribution >= 4 is 39.3 Å². The molecule has 5 rings (SSSR count). The van der Waals surface area contributed by atoms with E-state index in [1.165, 1.54) is 5.56 Å². The monoisotopic (exact) mass is 411 g/mol. The number of ether oxygens (including phenoxy) is 1. The van der Waals surface area contributed by atoms with Gasteiger partial charge in [-0.2, -0.15) is 0 Å². The maximum Gasteiger partial charge on any atom is 0.323 e. The molecular weight excluding hydrogens is 390 g/mol. The first kappa shape index (κ1) is 18.7. The van der Waals surface area contributed by atoms with Gasteiger partial charge in [0.2, 0.25) is 0 Å². The molecule has 31 heavy (non-hydrogen) atoms. The smallest absolute Gasteiger partial charge is 0.323 e. The predicted octanol–water partition coefficient (Wildman–Crippen LogP) is 5.22. The molecule has 0 bridgehead atoms. The molecule has 0 saturated heterocycles. The average Bonchev–Trinajstić information content (AvgIpc) is 3.42. The highest BCUT2D eigenvalue weighted by Crippen LogP contribution is 2.27. The van der Waals surface area contributed by atoms with Crippen LogP contribution in [0.5, 0.6) is 5.75 Å². The number of carbonyl (C=O) groups is 1. The van der Waals surface area contributed by atoms with Crippen LogP contribution in [0.15, 0.2) is 79.3 Å². The van der Waals surface area contributed by atoms with E-state index in [4.69, 9.17) is 4.74 Å².